The van der Waals surface area contributed by atoms with Gasteiger partial charge in [0.25, 0.3) is 0 Å². The Hall–Kier alpha value is -2.85. The van der Waals surface area contributed by atoms with Crippen molar-refractivity contribution in [3.63, 3.8) is 0 Å². The van der Waals surface area contributed by atoms with E-state index in [1.807, 2.05) is 6.07 Å². The van der Waals surface area contributed by atoms with Crippen LogP contribution in [0.5, 0.6) is 0 Å². The van der Waals surface area contributed by atoms with Crippen molar-refractivity contribution in [2.45, 2.75) is 25.3 Å². The Morgan fingerprint density at radius 2 is 2.11 bits per heavy atom. The van der Waals surface area contributed by atoms with Crippen molar-refractivity contribution in [2.24, 2.45) is 7.05 Å². The van der Waals surface area contributed by atoms with Crippen molar-refractivity contribution in [3.8, 4) is 0 Å². The maximum atomic E-state index is 10.7. The highest BCUT2D eigenvalue weighted by molar-refractivity contribution is 5.85. The molecule has 1 aliphatic rings. The number of carboxylic acids is 1. The monoisotopic (exact) mass is 374 g/mol. The second-order valence-corrected chi connectivity index (χ2v) is 7.70. The van der Waals surface area contributed by atoms with Gasteiger partial charge in [-0.2, -0.15) is 0 Å². The lowest BCUT2D eigenvalue weighted by molar-refractivity contribution is -0.131. The zero-order valence-electron chi connectivity index (χ0n) is 16.4. The van der Waals surface area contributed by atoms with Gasteiger partial charge in [-0.3, -0.25) is 4.90 Å². The summed E-state index contributed by atoms with van der Waals surface area (Å²) in [4.78, 5) is 13.2. The molecule has 0 amide bonds. The minimum absolute atomic E-state index is 0.433. The van der Waals surface area contributed by atoms with Crippen molar-refractivity contribution in [2.75, 3.05) is 13.6 Å². The second kappa shape index (κ2) is 7.64. The summed E-state index contributed by atoms with van der Waals surface area (Å²) in [6.07, 6.45) is 8.32. The molecule has 0 aliphatic heterocycles. The van der Waals surface area contributed by atoms with Gasteiger partial charge in [0.15, 0.2) is 0 Å². The topological polar surface area (TPSA) is 45.5 Å². The number of hydrogen-bond donors (Lipinski definition) is 1. The Bertz CT molecular complexity index is 1050. The Morgan fingerprint density at radius 1 is 1.29 bits per heavy atom. The quantitative estimate of drug-likeness (QED) is 0.649. The Labute approximate surface area is 165 Å². The molecule has 0 saturated heterocycles. The predicted molar refractivity (Wildman–Crippen MR) is 113 cm³/mol. The minimum Gasteiger partial charge on any atom is -0.478 e. The molecule has 0 radical (unpaired) electrons. The molecule has 1 N–H and O–H groups in total. The minimum atomic E-state index is -0.911. The first-order chi connectivity index (χ1) is 13.5. The molecule has 3 aromatic rings. The fourth-order valence-electron chi connectivity index (χ4n) is 4.42. The van der Waals surface area contributed by atoms with Crippen molar-refractivity contribution in [1.82, 2.24) is 9.47 Å². The van der Waals surface area contributed by atoms with Crippen LogP contribution in [0.2, 0.25) is 0 Å². The molecule has 144 valence electrons. The van der Waals surface area contributed by atoms with Gasteiger partial charge in [0.2, 0.25) is 0 Å². The summed E-state index contributed by atoms with van der Waals surface area (Å²) in [6.45, 7) is 1.01. The van der Waals surface area contributed by atoms with Crippen molar-refractivity contribution >= 4 is 22.9 Å². The molecular weight excluding hydrogens is 348 g/mol. The molecule has 1 atom stereocenters. The average Bonchev–Trinajstić information content (AvgIpc) is 3.26. The molecule has 4 heteroatoms. The highest BCUT2D eigenvalue weighted by Gasteiger charge is 2.25. The molecule has 1 heterocycles. The summed E-state index contributed by atoms with van der Waals surface area (Å²) in [7, 11) is 4.32. The fourth-order valence-corrected chi connectivity index (χ4v) is 4.42. The van der Waals surface area contributed by atoms with E-state index in [4.69, 9.17) is 5.11 Å². The number of para-hydroxylation sites is 1. The number of carbonyl (C=O) groups is 1. The third kappa shape index (κ3) is 3.60. The van der Waals surface area contributed by atoms with Crippen LogP contribution in [0.15, 0.2) is 54.7 Å². The average molecular weight is 374 g/mol. The summed E-state index contributed by atoms with van der Waals surface area (Å²) >= 11 is 0. The molecule has 0 saturated carbocycles. The molecule has 0 spiro atoms. The fraction of sp³-hybridized carbons (Fsp3) is 0.292. The molecule has 28 heavy (non-hydrogen) atoms. The molecule has 0 bridgehead atoms. The molecule has 1 aromatic heterocycles. The molecule has 4 rings (SSSR count). The smallest absolute Gasteiger partial charge is 0.328 e. The number of aryl methyl sites for hydroxylation is 2. The number of aliphatic carboxylic acids is 1. The van der Waals surface area contributed by atoms with Crippen LogP contribution in [0.1, 0.15) is 34.7 Å². The van der Waals surface area contributed by atoms with Crippen LogP contribution >= 0.6 is 0 Å². The van der Waals surface area contributed by atoms with Crippen molar-refractivity contribution < 1.29 is 9.90 Å². The molecule has 0 fully saturated rings. The number of fused-ring (bicyclic) bond motifs is 2. The summed E-state index contributed by atoms with van der Waals surface area (Å²) in [5, 5.41) is 10.2. The first kappa shape index (κ1) is 18.5. The van der Waals surface area contributed by atoms with Gasteiger partial charge in [0.1, 0.15) is 0 Å². The first-order valence-electron chi connectivity index (χ1n) is 9.80. The van der Waals surface area contributed by atoms with Crippen LogP contribution in [-0.4, -0.2) is 34.1 Å². The van der Waals surface area contributed by atoms with Crippen molar-refractivity contribution in [3.05, 3.63) is 77.0 Å². The van der Waals surface area contributed by atoms with E-state index in [0.717, 1.165) is 31.4 Å². The first-order valence-corrected chi connectivity index (χ1v) is 9.80. The molecule has 1 aliphatic carbocycles. The van der Waals surface area contributed by atoms with Crippen LogP contribution < -0.4 is 0 Å². The molecule has 4 nitrogen and oxygen atoms in total. The zero-order valence-corrected chi connectivity index (χ0v) is 16.4. The Balaban J connectivity index is 1.47. The Kier molecular flexibility index (Phi) is 5.05. The predicted octanol–water partition coefficient (Wildman–Crippen LogP) is 4.44. The van der Waals surface area contributed by atoms with Gasteiger partial charge in [0.05, 0.1) is 0 Å². The summed E-state index contributed by atoms with van der Waals surface area (Å²) < 4.78 is 2.21. The van der Waals surface area contributed by atoms with Gasteiger partial charge < -0.3 is 9.67 Å². The van der Waals surface area contributed by atoms with E-state index in [-0.39, 0.29) is 0 Å². The number of benzene rings is 2. The summed E-state index contributed by atoms with van der Waals surface area (Å²) in [6, 6.07) is 15.3. The van der Waals surface area contributed by atoms with Gasteiger partial charge in [-0.05, 0) is 60.7 Å². The van der Waals surface area contributed by atoms with E-state index < -0.39 is 5.97 Å². The van der Waals surface area contributed by atoms with E-state index >= 15 is 0 Å². The third-order valence-corrected chi connectivity index (χ3v) is 5.88. The largest absolute Gasteiger partial charge is 0.478 e. The van der Waals surface area contributed by atoms with E-state index in [1.165, 1.54) is 33.7 Å². The number of hydrogen-bond acceptors (Lipinski definition) is 2. The van der Waals surface area contributed by atoms with Gasteiger partial charge in [0, 0.05) is 42.8 Å². The number of rotatable bonds is 6. The normalized spacial score (nSPS) is 16.3. The third-order valence-electron chi connectivity index (χ3n) is 5.88. The van der Waals surface area contributed by atoms with Crippen LogP contribution in [0.4, 0.5) is 0 Å². The number of carboxylic acid groups (broad SMARTS) is 1. The number of likely N-dealkylation sites (N-methyl/N-ethyl adjacent to an activating group) is 1. The molecule has 1 unspecified atom stereocenters. The van der Waals surface area contributed by atoms with E-state index in [2.05, 4.69) is 66.2 Å². The van der Waals surface area contributed by atoms with Crippen LogP contribution in [0.25, 0.3) is 17.0 Å². The van der Waals surface area contributed by atoms with Gasteiger partial charge in [-0.1, -0.05) is 36.4 Å². The lowest BCUT2D eigenvalue weighted by atomic mass is 10.0. The number of nitrogens with zero attached hydrogens (tertiary/aromatic N) is 2. The maximum Gasteiger partial charge on any atom is 0.328 e. The second-order valence-electron chi connectivity index (χ2n) is 7.70. The highest BCUT2D eigenvalue weighted by Crippen LogP contribution is 2.36. The van der Waals surface area contributed by atoms with Crippen LogP contribution in [0.3, 0.4) is 0 Å². The van der Waals surface area contributed by atoms with Crippen LogP contribution in [-0.2, 0) is 24.7 Å². The van der Waals surface area contributed by atoms with E-state index in [1.54, 1.807) is 6.08 Å². The standard InChI is InChI=1S/C24H26N2O2/c1-25(14-13-19-16-26(2)22-6-4-3-5-20(19)22)23-11-9-18-15-17(7-10-21(18)23)8-12-24(27)28/h3-8,10,12,15-16,23H,9,11,13-14H2,1-2H3,(H,27,28). The Morgan fingerprint density at radius 3 is 2.93 bits per heavy atom. The van der Waals surface area contributed by atoms with Crippen LogP contribution in [0, 0.1) is 0 Å². The number of aromatic nitrogens is 1. The lowest BCUT2D eigenvalue weighted by Crippen LogP contribution is -2.25. The zero-order chi connectivity index (χ0) is 19.7. The SMILES string of the molecule is CN(CCc1cn(C)c2ccccc12)C1CCc2cc(C=CC(=O)O)ccc21. The highest BCUT2D eigenvalue weighted by atomic mass is 16.4. The summed E-state index contributed by atoms with van der Waals surface area (Å²) in [5.41, 5.74) is 6.37. The van der Waals surface area contributed by atoms with Gasteiger partial charge >= 0.3 is 5.97 Å². The van der Waals surface area contributed by atoms with Gasteiger partial charge in [-0.25, -0.2) is 4.79 Å². The molecular formula is C24H26N2O2. The summed E-state index contributed by atoms with van der Waals surface area (Å²) in [5.74, 6) is -0.911. The lowest BCUT2D eigenvalue weighted by Gasteiger charge is -2.25. The molecule has 2 aromatic carbocycles. The van der Waals surface area contributed by atoms with E-state index in [0.29, 0.717) is 6.04 Å². The maximum absolute atomic E-state index is 10.7. The van der Waals surface area contributed by atoms with Crippen molar-refractivity contribution in [1.29, 1.82) is 0 Å². The van der Waals surface area contributed by atoms with Gasteiger partial charge in [-0.15, -0.1) is 0 Å². The van der Waals surface area contributed by atoms with E-state index in [9.17, 15) is 4.79 Å².